The second-order valence-electron chi connectivity index (χ2n) is 4.90. The lowest BCUT2D eigenvalue weighted by Crippen LogP contribution is -2.48. The SMILES string of the molecule is Cl.OC1NC(c2ccccc2)N(C2CCNCC2)N1. The van der Waals surface area contributed by atoms with Gasteiger partial charge in [-0.25, -0.2) is 10.4 Å². The molecule has 6 heteroatoms. The van der Waals surface area contributed by atoms with Gasteiger partial charge in [0.1, 0.15) is 6.17 Å². The minimum atomic E-state index is -0.662. The van der Waals surface area contributed by atoms with E-state index in [1.165, 1.54) is 5.56 Å². The Hall–Kier alpha value is -0.690. The van der Waals surface area contributed by atoms with Crippen molar-refractivity contribution in [2.45, 2.75) is 31.4 Å². The summed E-state index contributed by atoms with van der Waals surface area (Å²) < 4.78 is 0. The summed E-state index contributed by atoms with van der Waals surface area (Å²) in [4.78, 5) is 0. The van der Waals surface area contributed by atoms with E-state index in [0.717, 1.165) is 25.9 Å². The lowest BCUT2D eigenvalue weighted by molar-refractivity contribution is 0.0507. The molecule has 4 N–H and O–H groups in total. The molecule has 3 rings (SSSR count). The summed E-state index contributed by atoms with van der Waals surface area (Å²) in [6, 6.07) is 10.7. The number of aliphatic hydroxyl groups is 1. The number of hydrogen-bond donors (Lipinski definition) is 4. The summed E-state index contributed by atoms with van der Waals surface area (Å²) in [7, 11) is 0. The quantitative estimate of drug-likeness (QED) is 0.639. The van der Waals surface area contributed by atoms with E-state index in [1.807, 2.05) is 18.2 Å². The minimum Gasteiger partial charge on any atom is -0.364 e. The summed E-state index contributed by atoms with van der Waals surface area (Å²) in [6.45, 7) is 2.08. The summed E-state index contributed by atoms with van der Waals surface area (Å²) >= 11 is 0. The van der Waals surface area contributed by atoms with Crippen LogP contribution in [0.4, 0.5) is 0 Å². The van der Waals surface area contributed by atoms with Crippen LogP contribution in [0.1, 0.15) is 24.6 Å². The van der Waals surface area contributed by atoms with Crippen LogP contribution in [-0.4, -0.2) is 35.6 Å². The van der Waals surface area contributed by atoms with Crippen LogP contribution in [0.3, 0.4) is 0 Å². The van der Waals surface area contributed by atoms with E-state index >= 15 is 0 Å². The maximum absolute atomic E-state index is 9.78. The molecule has 2 unspecified atom stereocenters. The first kappa shape index (κ1) is 14.7. The molecule has 0 bridgehead atoms. The van der Waals surface area contributed by atoms with E-state index in [4.69, 9.17) is 0 Å². The van der Waals surface area contributed by atoms with E-state index < -0.39 is 6.35 Å². The molecule has 0 aromatic heterocycles. The number of rotatable bonds is 2. The van der Waals surface area contributed by atoms with Gasteiger partial charge in [0, 0.05) is 6.04 Å². The van der Waals surface area contributed by atoms with Crippen LogP contribution in [0, 0.1) is 0 Å². The van der Waals surface area contributed by atoms with Crippen LogP contribution in [0.2, 0.25) is 0 Å². The number of nitrogens with one attached hydrogen (secondary N) is 3. The van der Waals surface area contributed by atoms with Crippen LogP contribution in [0.5, 0.6) is 0 Å². The molecule has 106 valence electrons. The van der Waals surface area contributed by atoms with Gasteiger partial charge in [0.25, 0.3) is 0 Å². The summed E-state index contributed by atoms with van der Waals surface area (Å²) in [6.07, 6.45) is 1.59. The van der Waals surface area contributed by atoms with Gasteiger partial charge in [0.15, 0.2) is 6.35 Å². The highest BCUT2D eigenvalue weighted by atomic mass is 35.5. The number of piperidine rings is 1. The number of halogens is 1. The van der Waals surface area contributed by atoms with Crippen LogP contribution in [0.15, 0.2) is 30.3 Å². The molecule has 1 aromatic carbocycles. The van der Waals surface area contributed by atoms with Crippen molar-refractivity contribution in [2.75, 3.05) is 13.1 Å². The van der Waals surface area contributed by atoms with Crippen LogP contribution in [-0.2, 0) is 0 Å². The summed E-state index contributed by atoms with van der Waals surface area (Å²) in [5.74, 6) is 0. The zero-order valence-corrected chi connectivity index (χ0v) is 11.6. The average Bonchev–Trinajstić information content (AvgIpc) is 2.83. The first-order valence-corrected chi connectivity index (χ1v) is 6.59. The second kappa shape index (κ2) is 6.65. The first-order chi connectivity index (χ1) is 8.84. The minimum absolute atomic E-state index is 0. The van der Waals surface area contributed by atoms with Gasteiger partial charge in [-0.05, 0) is 31.5 Å². The van der Waals surface area contributed by atoms with Gasteiger partial charge in [0.05, 0.1) is 0 Å². The van der Waals surface area contributed by atoms with Crippen molar-refractivity contribution in [3.8, 4) is 0 Å². The molecule has 5 nitrogen and oxygen atoms in total. The van der Waals surface area contributed by atoms with E-state index in [-0.39, 0.29) is 18.6 Å². The van der Waals surface area contributed by atoms with Crippen LogP contribution < -0.4 is 16.1 Å². The Balaban J connectivity index is 0.00000133. The van der Waals surface area contributed by atoms with Crippen molar-refractivity contribution in [1.82, 2.24) is 21.1 Å². The number of nitrogens with zero attached hydrogens (tertiary/aromatic N) is 1. The molecule has 2 aliphatic heterocycles. The smallest absolute Gasteiger partial charge is 0.174 e. The Morgan fingerprint density at radius 1 is 1.11 bits per heavy atom. The molecule has 19 heavy (non-hydrogen) atoms. The Kier molecular flexibility index (Phi) is 5.15. The van der Waals surface area contributed by atoms with Crippen LogP contribution >= 0.6 is 12.4 Å². The van der Waals surface area contributed by atoms with Crippen molar-refractivity contribution in [2.24, 2.45) is 0 Å². The number of hydrazine groups is 1. The van der Waals surface area contributed by atoms with Gasteiger partial charge in [-0.2, -0.15) is 0 Å². The third-order valence-electron chi connectivity index (χ3n) is 3.68. The molecule has 0 saturated carbocycles. The van der Waals surface area contributed by atoms with E-state index in [2.05, 4.69) is 33.2 Å². The molecule has 2 fully saturated rings. The van der Waals surface area contributed by atoms with Gasteiger partial charge in [0.2, 0.25) is 0 Å². The number of benzene rings is 1. The Morgan fingerprint density at radius 3 is 2.47 bits per heavy atom. The Morgan fingerprint density at radius 2 is 1.79 bits per heavy atom. The fourth-order valence-corrected chi connectivity index (χ4v) is 2.78. The molecule has 2 atom stereocenters. The molecular weight excluding hydrogens is 264 g/mol. The lowest BCUT2D eigenvalue weighted by atomic mass is 10.0. The predicted molar refractivity (Wildman–Crippen MR) is 76.4 cm³/mol. The monoisotopic (exact) mass is 284 g/mol. The maximum atomic E-state index is 9.78. The molecule has 0 amide bonds. The summed E-state index contributed by atoms with van der Waals surface area (Å²) in [5, 5.41) is 18.5. The highest BCUT2D eigenvalue weighted by Gasteiger charge is 2.35. The standard InChI is InChI=1S/C13H20N4O.ClH/c18-13-15-12(10-4-2-1-3-5-10)17(16-13)11-6-8-14-9-7-11;/h1-5,11-16,18H,6-9H2;1H. The Bertz CT molecular complexity index is 385. The van der Waals surface area contributed by atoms with E-state index in [0.29, 0.717) is 6.04 Å². The topological polar surface area (TPSA) is 59.6 Å². The molecule has 1 aromatic rings. The van der Waals surface area contributed by atoms with Crippen molar-refractivity contribution >= 4 is 12.4 Å². The third-order valence-corrected chi connectivity index (χ3v) is 3.68. The van der Waals surface area contributed by atoms with E-state index in [9.17, 15) is 5.11 Å². The van der Waals surface area contributed by atoms with Crippen molar-refractivity contribution in [1.29, 1.82) is 0 Å². The van der Waals surface area contributed by atoms with Crippen molar-refractivity contribution < 1.29 is 5.11 Å². The number of aliphatic hydroxyl groups excluding tert-OH is 1. The van der Waals surface area contributed by atoms with Gasteiger partial charge in [-0.1, -0.05) is 30.3 Å². The van der Waals surface area contributed by atoms with Gasteiger partial charge in [-0.3, -0.25) is 5.32 Å². The highest BCUT2D eigenvalue weighted by molar-refractivity contribution is 5.85. The molecule has 2 saturated heterocycles. The van der Waals surface area contributed by atoms with Gasteiger partial charge < -0.3 is 10.4 Å². The van der Waals surface area contributed by atoms with Crippen LogP contribution in [0.25, 0.3) is 0 Å². The van der Waals surface area contributed by atoms with Gasteiger partial charge >= 0.3 is 0 Å². The normalized spacial score (nSPS) is 29.1. The fourth-order valence-electron chi connectivity index (χ4n) is 2.78. The molecule has 2 heterocycles. The zero-order valence-electron chi connectivity index (χ0n) is 10.7. The third kappa shape index (κ3) is 3.25. The zero-order chi connectivity index (χ0) is 12.4. The lowest BCUT2D eigenvalue weighted by Gasteiger charge is -2.34. The first-order valence-electron chi connectivity index (χ1n) is 6.59. The number of hydrogen-bond acceptors (Lipinski definition) is 5. The molecule has 0 spiro atoms. The highest BCUT2D eigenvalue weighted by Crippen LogP contribution is 2.25. The maximum Gasteiger partial charge on any atom is 0.174 e. The molecule has 0 radical (unpaired) electrons. The van der Waals surface area contributed by atoms with Crippen molar-refractivity contribution in [3.05, 3.63) is 35.9 Å². The van der Waals surface area contributed by atoms with Gasteiger partial charge in [-0.15, -0.1) is 12.4 Å². The van der Waals surface area contributed by atoms with Crippen molar-refractivity contribution in [3.63, 3.8) is 0 Å². The Labute approximate surface area is 119 Å². The summed E-state index contributed by atoms with van der Waals surface area (Å²) in [5.41, 5.74) is 4.30. The average molecular weight is 285 g/mol. The fraction of sp³-hybridized carbons (Fsp3) is 0.538. The van der Waals surface area contributed by atoms with E-state index in [1.54, 1.807) is 0 Å². The molecule has 2 aliphatic rings. The largest absolute Gasteiger partial charge is 0.364 e. The molecule has 0 aliphatic carbocycles. The predicted octanol–water partition coefficient (Wildman–Crippen LogP) is 0.545. The second-order valence-corrected chi connectivity index (χ2v) is 4.90. The molecular formula is C13H21ClN4O.